The monoisotopic (exact) mass is 340 g/mol. The fourth-order valence-corrected chi connectivity index (χ4v) is 4.43. The summed E-state index contributed by atoms with van der Waals surface area (Å²) in [6.07, 6.45) is 2.16. The van der Waals surface area contributed by atoms with E-state index in [1.165, 1.54) is 55.1 Å². The molecule has 5 rings (SSSR count). The number of fused-ring (bicyclic) bond motifs is 3. The number of pyridine rings is 1. The van der Waals surface area contributed by atoms with Gasteiger partial charge in [-0.1, -0.05) is 30.3 Å². The van der Waals surface area contributed by atoms with Gasteiger partial charge in [-0.2, -0.15) is 0 Å². The minimum absolute atomic E-state index is 1.01. The van der Waals surface area contributed by atoms with Gasteiger partial charge in [0.05, 0.1) is 10.9 Å². The first-order valence-electron chi connectivity index (χ1n) is 9.11. The van der Waals surface area contributed by atoms with Crippen molar-refractivity contribution in [3.63, 3.8) is 0 Å². The number of rotatable bonds is 0. The van der Waals surface area contributed by atoms with Gasteiger partial charge in [0.2, 0.25) is 5.69 Å². The largest absolute Gasteiger partial charge is 0.455 e. The van der Waals surface area contributed by atoms with Crippen LogP contribution in [0.2, 0.25) is 0 Å². The van der Waals surface area contributed by atoms with E-state index in [4.69, 9.17) is 4.74 Å². The molecule has 0 N–H and O–H groups in total. The SMILES string of the molecule is Cc1cc2cc[n+](C)c3c2c(c1C)Oc1c-3c(C)c2ccccc2c1C. The Balaban J connectivity index is 2.06. The van der Waals surface area contributed by atoms with E-state index in [2.05, 4.69) is 81.9 Å². The molecule has 128 valence electrons. The van der Waals surface area contributed by atoms with Crippen LogP contribution in [-0.2, 0) is 7.05 Å². The van der Waals surface area contributed by atoms with E-state index in [1.54, 1.807) is 0 Å². The van der Waals surface area contributed by atoms with Crippen molar-refractivity contribution in [1.82, 2.24) is 0 Å². The summed E-state index contributed by atoms with van der Waals surface area (Å²) in [6, 6.07) is 13.1. The zero-order valence-corrected chi connectivity index (χ0v) is 15.9. The highest BCUT2D eigenvalue weighted by Crippen LogP contribution is 2.51. The summed E-state index contributed by atoms with van der Waals surface area (Å²) >= 11 is 0. The molecule has 4 aromatic rings. The van der Waals surface area contributed by atoms with Gasteiger partial charge in [0.15, 0.2) is 6.20 Å². The summed E-state index contributed by atoms with van der Waals surface area (Å²) in [7, 11) is 2.13. The summed E-state index contributed by atoms with van der Waals surface area (Å²) in [5.74, 6) is 2.02. The topological polar surface area (TPSA) is 13.1 Å². The zero-order chi connectivity index (χ0) is 18.2. The van der Waals surface area contributed by atoms with Crippen molar-refractivity contribution in [3.05, 3.63) is 64.8 Å². The minimum Gasteiger partial charge on any atom is -0.455 e. The van der Waals surface area contributed by atoms with E-state index in [0.29, 0.717) is 0 Å². The second-order valence-electron chi connectivity index (χ2n) is 7.49. The predicted octanol–water partition coefficient (Wildman–Crippen LogP) is 5.82. The number of aryl methyl sites for hydroxylation is 4. The number of benzene rings is 3. The van der Waals surface area contributed by atoms with Crippen molar-refractivity contribution in [1.29, 1.82) is 0 Å². The summed E-state index contributed by atoms with van der Waals surface area (Å²) in [6.45, 7) is 8.72. The second-order valence-corrected chi connectivity index (χ2v) is 7.49. The molecule has 3 aromatic carbocycles. The number of hydrogen-bond donors (Lipinski definition) is 0. The Bertz CT molecular complexity index is 1250. The van der Waals surface area contributed by atoms with Crippen molar-refractivity contribution in [2.45, 2.75) is 27.7 Å². The summed E-state index contributed by atoms with van der Waals surface area (Å²) in [5, 5.41) is 5.04. The number of aromatic nitrogens is 1. The van der Waals surface area contributed by atoms with Crippen molar-refractivity contribution in [2.24, 2.45) is 7.05 Å². The Morgan fingerprint density at radius 2 is 1.50 bits per heavy atom. The van der Waals surface area contributed by atoms with Gasteiger partial charge in [0, 0.05) is 11.6 Å². The van der Waals surface area contributed by atoms with Gasteiger partial charge in [-0.25, -0.2) is 4.57 Å². The van der Waals surface area contributed by atoms with Gasteiger partial charge in [-0.15, -0.1) is 0 Å². The standard InChI is InChI=1S/C24H22NO/c1-13-12-17-10-11-25(5)22-20-15(3)18-8-6-7-9-19(18)16(4)24(20)26-23(14(13)2)21(17)22/h6-12H,1-5H3/q+1. The molecule has 2 heteroatoms. The predicted molar refractivity (Wildman–Crippen MR) is 107 cm³/mol. The number of ether oxygens (including phenoxy) is 1. The lowest BCUT2D eigenvalue weighted by Crippen LogP contribution is -2.32. The van der Waals surface area contributed by atoms with Crippen LogP contribution in [0.4, 0.5) is 0 Å². The lowest BCUT2D eigenvalue weighted by atomic mass is 9.88. The fraction of sp³-hybridized carbons (Fsp3) is 0.208. The molecule has 0 spiro atoms. The molecule has 0 fully saturated rings. The molecular formula is C24H22NO+. The molecule has 26 heavy (non-hydrogen) atoms. The lowest BCUT2D eigenvalue weighted by Gasteiger charge is -2.25. The molecule has 2 heterocycles. The molecule has 0 unspecified atom stereocenters. The van der Waals surface area contributed by atoms with Crippen LogP contribution < -0.4 is 9.30 Å². The Morgan fingerprint density at radius 3 is 2.23 bits per heavy atom. The summed E-state index contributed by atoms with van der Waals surface area (Å²) < 4.78 is 8.86. The van der Waals surface area contributed by atoms with Gasteiger partial charge >= 0.3 is 0 Å². The molecular weight excluding hydrogens is 318 g/mol. The lowest BCUT2D eigenvalue weighted by molar-refractivity contribution is -0.659. The first-order chi connectivity index (χ1) is 12.5. The maximum atomic E-state index is 6.62. The molecule has 0 saturated heterocycles. The van der Waals surface area contributed by atoms with Crippen molar-refractivity contribution < 1.29 is 9.30 Å². The average Bonchev–Trinajstić information content (AvgIpc) is 2.65. The van der Waals surface area contributed by atoms with Gasteiger partial charge in [0.1, 0.15) is 18.5 Å². The van der Waals surface area contributed by atoms with Crippen LogP contribution in [0, 0.1) is 27.7 Å². The normalized spacial score (nSPS) is 12.3. The molecule has 0 amide bonds. The summed E-state index contributed by atoms with van der Waals surface area (Å²) in [5.41, 5.74) is 7.47. The van der Waals surface area contributed by atoms with Crippen LogP contribution in [-0.4, -0.2) is 0 Å². The van der Waals surface area contributed by atoms with Crippen LogP contribution in [0.1, 0.15) is 22.3 Å². The van der Waals surface area contributed by atoms with Crippen molar-refractivity contribution >= 4 is 21.5 Å². The van der Waals surface area contributed by atoms with E-state index < -0.39 is 0 Å². The van der Waals surface area contributed by atoms with Crippen LogP contribution in [0.25, 0.3) is 32.8 Å². The third-order valence-electron chi connectivity index (χ3n) is 6.01. The smallest absolute Gasteiger partial charge is 0.228 e. The third-order valence-corrected chi connectivity index (χ3v) is 6.01. The van der Waals surface area contributed by atoms with E-state index in [-0.39, 0.29) is 0 Å². The van der Waals surface area contributed by atoms with Gasteiger partial charge in [-0.05, 0) is 60.5 Å². The van der Waals surface area contributed by atoms with Crippen LogP contribution >= 0.6 is 0 Å². The number of hydrogen-bond acceptors (Lipinski definition) is 1. The highest BCUT2D eigenvalue weighted by Gasteiger charge is 2.32. The van der Waals surface area contributed by atoms with Crippen molar-refractivity contribution in [3.8, 4) is 22.8 Å². The number of nitrogens with zero attached hydrogens (tertiary/aromatic N) is 1. The molecule has 0 atom stereocenters. The second kappa shape index (κ2) is 5.07. The first-order valence-corrected chi connectivity index (χ1v) is 9.11. The Hall–Kier alpha value is -2.87. The minimum atomic E-state index is 1.01. The Kier molecular flexibility index (Phi) is 3.00. The molecule has 1 aromatic heterocycles. The highest BCUT2D eigenvalue weighted by atomic mass is 16.5. The quantitative estimate of drug-likeness (QED) is 0.324. The third kappa shape index (κ3) is 1.79. The Labute approximate surface area is 153 Å². The van der Waals surface area contributed by atoms with Crippen LogP contribution in [0.3, 0.4) is 0 Å². The molecule has 1 aliphatic heterocycles. The fourth-order valence-electron chi connectivity index (χ4n) is 4.43. The maximum absolute atomic E-state index is 6.62. The molecule has 0 bridgehead atoms. The van der Waals surface area contributed by atoms with E-state index in [0.717, 1.165) is 11.5 Å². The molecule has 1 aliphatic rings. The van der Waals surface area contributed by atoms with Crippen LogP contribution in [0.5, 0.6) is 11.5 Å². The molecule has 0 saturated carbocycles. The Morgan fingerprint density at radius 1 is 0.808 bits per heavy atom. The zero-order valence-electron chi connectivity index (χ0n) is 15.9. The van der Waals surface area contributed by atoms with E-state index in [9.17, 15) is 0 Å². The first kappa shape index (κ1) is 15.4. The average molecular weight is 340 g/mol. The van der Waals surface area contributed by atoms with Crippen LogP contribution in [0.15, 0.2) is 42.6 Å². The van der Waals surface area contributed by atoms with Crippen molar-refractivity contribution in [2.75, 3.05) is 0 Å². The molecule has 0 aliphatic carbocycles. The van der Waals surface area contributed by atoms with Gasteiger partial charge in [0.25, 0.3) is 0 Å². The highest BCUT2D eigenvalue weighted by molar-refractivity contribution is 6.07. The molecule has 0 radical (unpaired) electrons. The van der Waals surface area contributed by atoms with E-state index in [1.807, 2.05) is 0 Å². The molecule has 2 nitrogen and oxygen atoms in total. The maximum Gasteiger partial charge on any atom is 0.228 e. The van der Waals surface area contributed by atoms with E-state index >= 15 is 0 Å². The van der Waals surface area contributed by atoms with Gasteiger partial charge in [-0.3, -0.25) is 0 Å². The summed E-state index contributed by atoms with van der Waals surface area (Å²) in [4.78, 5) is 0. The van der Waals surface area contributed by atoms with Gasteiger partial charge < -0.3 is 4.74 Å².